The van der Waals surface area contributed by atoms with E-state index in [9.17, 15) is 9.90 Å². The second kappa shape index (κ2) is 5.82. The lowest BCUT2D eigenvalue weighted by molar-refractivity contribution is -0.147. The van der Waals surface area contributed by atoms with Gasteiger partial charge in [0.25, 0.3) is 0 Å². The predicted octanol–water partition coefficient (Wildman–Crippen LogP) is 1.87. The average molecular weight is 331 g/mol. The first-order valence-electron chi connectivity index (χ1n) is 4.63. The van der Waals surface area contributed by atoms with Crippen molar-refractivity contribution in [3.63, 3.8) is 0 Å². The molecule has 84 valence electrons. The van der Waals surface area contributed by atoms with Gasteiger partial charge in [0.15, 0.2) is 6.10 Å². The highest BCUT2D eigenvalue weighted by molar-refractivity contribution is 14.1. The molecule has 0 aliphatic rings. The summed E-state index contributed by atoms with van der Waals surface area (Å²) in [6.07, 6.45) is -0.564. The normalized spacial score (nSPS) is 11.8. The zero-order chi connectivity index (χ0) is 12.1. The smallest absolute Gasteiger partial charge is 0.337 e. The molecule has 0 radical (unpaired) electrons. The van der Waals surface area contributed by atoms with E-state index < -0.39 is 12.1 Å². The fourth-order valence-electron chi connectivity index (χ4n) is 1.33. The van der Waals surface area contributed by atoms with Gasteiger partial charge in [-0.05, 0) is 34.6 Å². The number of aliphatic carboxylic acids is 1. The van der Waals surface area contributed by atoms with Gasteiger partial charge in [-0.1, -0.05) is 18.2 Å². The topological polar surface area (TPSA) is 81.3 Å². The highest BCUT2D eigenvalue weighted by Gasteiger charge is 2.19. The molecule has 2 N–H and O–H groups in total. The number of carbonyl (C=O) groups is 1. The maximum atomic E-state index is 10.7. The number of nitriles is 1. The fourth-order valence-corrected chi connectivity index (χ4v) is 2.25. The molecule has 0 spiro atoms. The van der Waals surface area contributed by atoms with Crippen molar-refractivity contribution in [2.45, 2.75) is 18.9 Å². The van der Waals surface area contributed by atoms with Crippen LogP contribution in [0, 0.1) is 14.9 Å². The Kier molecular flexibility index (Phi) is 4.71. The van der Waals surface area contributed by atoms with Crippen LogP contribution in [0.15, 0.2) is 18.2 Å². The first-order valence-corrected chi connectivity index (χ1v) is 5.71. The zero-order valence-electron chi connectivity index (χ0n) is 8.35. The van der Waals surface area contributed by atoms with E-state index in [0.29, 0.717) is 22.0 Å². The van der Waals surface area contributed by atoms with Crippen molar-refractivity contribution >= 4 is 28.6 Å². The first kappa shape index (κ1) is 12.9. The van der Waals surface area contributed by atoms with E-state index in [0.717, 1.165) is 5.56 Å². The Bertz CT molecular complexity index is 439. The van der Waals surface area contributed by atoms with E-state index in [1.165, 1.54) is 0 Å². The van der Waals surface area contributed by atoms with Crippen molar-refractivity contribution in [3.05, 3.63) is 32.9 Å². The van der Waals surface area contributed by atoms with Gasteiger partial charge in [0.2, 0.25) is 0 Å². The third kappa shape index (κ3) is 2.93. The minimum absolute atomic E-state index is 0.378. The molecule has 0 saturated carbocycles. The van der Waals surface area contributed by atoms with Crippen molar-refractivity contribution in [2.24, 2.45) is 0 Å². The Morgan fingerprint density at radius 3 is 2.81 bits per heavy atom. The Labute approximate surface area is 107 Å². The van der Waals surface area contributed by atoms with Gasteiger partial charge in [-0.25, -0.2) is 4.79 Å². The number of aliphatic hydroxyl groups is 1. The zero-order valence-corrected chi connectivity index (χ0v) is 10.5. The highest BCUT2D eigenvalue weighted by Crippen LogP contribution is 2.24. The third-order valence-electron chi connectivity index (χ3n) is 2.14. The molecule has 1 atom stereocenters. The molecule has 4 nitrogen and oxygen atoms in total. The molecule has 0 aromatic heterocycles. The van der Waals surface area contributed by atoms with E-state index in [4.69, 9.17) is 10.4 Å². The van der Waals surface area contributed by atoms with Crippen LogP contribution in [0.1, 0.15) is 23.7 Å². The molecule has 5 heteroatoms. The lowest BCUT2D eigenvalue weighted by Crippen LogP contribution is -2.12. The maximum absolute atomic E-state index is 10.7. The van der Waals surface area contributed by atoms with Gasteiger partial charge in [0, 0.05) is 15.6 Å². The monoisotopic (exact) mass is 331 g/mol. The number of hydrogen-bond donors (Lipinski definition) is 2. The van der Waals surface area contributed by atoms with Gasteiger partial charge in [0.05, 0.1) is 6.07 Å². The second-order valence-electron chi connectivity index (χ2n) is 3.22. The van der Waals surface area contributed by atoms with E-state index in [1.807, 2.05) is 34.7 Å². The molecule has 0 amide bonds. The molecule has 1 rings (SSSR count). The average Bonchev–Trinajstić information content (AvgIpc) is 2.26. The van der Waals surface area contributed by atoms with Crippen LogP contribution in [0.5, 0.6) is 0 Å². The van der Waals surface area contributed by atoms with Crippen molar-refractivity contribution < 1.29 is 15.0 Å². The number of carboxylic acid groups (broad SMARTS) is 1. The van der Waals surface area contributed by atoms with Crippen molar-refractivity contribution in [2.75, 3.05) is 0 Å². The van der Waals surface area contributed by atoms with E-state index in [-0.39, 0.29) is 0 Å². The lowest BCUT2D eigenvalue weighted by Gasteiger charge is -2.11. The Balaban J connectivity index is 3.04. The molecule has 1 aromatic carbocycles. The van der Waals surface area contributed by atoms with Crippen LogP contribution in [0.2, 0.25) is 0 Å². The van der Waals surface area contributed by atoms with Gasteiger partial charge in [-0.3, -0.25) is 0 Å². The Morgan fingerprint density at radius 2 is 2.25 bits per heavy atom. The van der Waals surface area contributed by atoms with Crippen LogP contribution in [-0.2, 0) is 11.2 Å². The summed E-state index contributed by atoms with van der Waals surface area (Å²) < 4.78 is 0.713. The summed E-state index contributed by atoms with van der Waals surface area (Å²) in [5, 5.41) is 26.7. The summed E-state index contributed by atoms with van der Waals surface area (Å²) in [4.78, 5) is 10.7. The number of halogens is 1. The van der Waals surface area contributed by atoms with Crippen molar-refractivity contribution in [1.29, 1.82) is 5.26 Å². The number of nitrogens with zero attached hydrogens (tertiary/aromatic N) is 1. The number of benzene rings is 1. The Morgan fingerprint density at radius 1 is 1.56 bits per heavy atom. The van der Waals surface area contributed by atoms with E-state index in [2.05, 4.69) is 0 Å². The standard InChI is InChI=1S/C11H10INO3/c12-9-7(4-2-6-13)3-1-5-8(9)10(14)11(15)16/h1,3,5,10,14H,2,4H2,(H,15,16). The summed E-state index contributed by atoms with van der Waals surface area (Å²) in [6.45, 7) is 0. The van der Waals surface area contributed by atoms with Crippen LogP contribution < -0.4 is 0 Å². The fraction of sp³-hybridized carbons (Fsp3) is 0.273. The first-order chi connectivity index (χ1) is 7.57. The Hall–Kier alpha value is -1.13. The molecule has 0 saturated heterocycles. The summed E-state index contributed by atoms with van der Waals surface area (Å²) in [5.41, 5.74) is 1.27. The predicted molar refractivity (Wildman–Crippen MR) is 65.7 cm³/mol. The number of hydrogen-bond acceptors (Lipinski definition) is 3. The summed E-state index contributed by atoms with van der Waals surface area (Å²) >= 11 is 2.00. The van der Waals surface area contributed by atoms with E-state index in [1.54, 1.807) is 12.1 Å². The molecule has 1 aromatic rings. The lowest BCUT2D eigenvalue weighted by atomic mass is 10.0. The summed E-state index contributed by atoms with van der Waals surface area (Å²) in [5.74, 6) is -1.27. The summed E-state index contributed by atoms with van der Waals surface area (Å²) in [6, 6.07) is 7.13. The number of aliphatic hydroxyl groups excluding tert-OH is 1. The molecule has 16 heavy (non-hydrogen) atoms. The second-order valence-corrected chi connectivity index (χ2v) is 4.30. The molecule has 0 bridgehead atoms. The molecule has 1 unspecified atom stereocenters. The molecule has 0 fully saturated rings. The largest absolute Gasteiger partial charge is 0.479 e. The van der Waals surface area contributed by atoms with Gasteiger partial charge < -0.3 is 10.2 Å². The molecule has 0 aliphatic heterocycles. The minimum atomic E-state index is -1.51. The number of rotatable bonds is 4. The van der Waals surface area contributed by atoms with Crippen LogP contribution >= 0.6 is 22.6 Å². The molecular formula is C11H10INO3. The highest BCUT2D eigenvalue weighted by atomic mass is 127. The SMILES string of the molecule is N#CCCc1cccc(C(O)C(=O)O)c1I. The van der Waals surface area contributed by atoms with Crippen LogP contribution in [-0.4, -0.2) is 16.2 Å². The van der Waals surface area contributed by atoms with Crippen LogP contribution in [0.25, 0.3) is 0 Å². The van der Waals surface area contributed by atoms with Gasteiger partial charge in [0.1, 0.15) is 0 Å². The minimum Gasteiger partial charge on any atom is -0.479 e. The molecule has 0 aliphatic carbocycles. The quantitative estimate of drug-likeness (QED) is 0.826. The van der Waals surface area contributed by atoms with Gasteiger partial charge in [-0.15, -0.1) is 0 Å². The van der Waals surface area contributed by atoms with Crippen molar-refractivity contribution in [3.8, 4) is 6.07 Å². The number of aryl methyl sites for hydroxylation is 1. The molecular weight excluding hydrogens is 321 g/mol. The van der Waals surface area contributed by atoms with Crippen LogP contribution in [0.4, 0.5) is 0 Å². The van der Waals surface area contributed by atoms with Crippen LogP contribution in [0.3, 0.4) is 0 Å². The maximum Gasteiger partial charge on any atom is 0.337 e. The van der Waals surface area contributed by atoms with Gasteiger partial charge in [-0.2, -0.15) is 5.26 Å². The van der Waals surface area contributed by atoms with E-state index >= 15 is 0 Å². The summed E-state index contributed by atoms with van der Waals surface area (Å²) in [7, 11) is 0. The van der Waals surface area contributed by atoms with Gasteiger partial charge >= 0.3 is 5.97 Å². The third-order valence-corrected chi connectivity index (χ3v) is 3.46. The number of carboxylic acids is 1. The molecule has 0 heterocycles. The van der Waals surface area contributed by atoms with Crippen molar-refractivity contribution in [1.82, 2.24) is 0 Å².